The van der Waals surface area contributed by atoms with Crippen LogP contribution in [0.5, 0.6) is 0 Å². The molecule has 2 spiro atoms. The highest BCUT2D eigenvalue weighted by molar-refractivity contribution is 7.91. The Morgan fingerprint density at radius 3 is 1.54 bits per heavy atom. The first-order chi connectivity index (χ1) is 27.5. The van der Waals surface area contributed by atoms with Crippen molar-refractivity contribution >= 4 is 64.9 Å². The molecule has 4 heterocycles. The maximum Gasteiger partial charge on any atom is 0.335 e. The monoisotopic (exact) mass is 846 g/mol. The average Bonchev–Trinajstić information content (AvgIpc) is 3.88. The van der Waals surface area contributed by atoms with Gasteiger partial charge in [0.1, 0.15) is 0 Å². The van der Waals surface area contributed by atoms with Crippen LogP contribution in [0.25, 0.3) is 21.8 Å². The van der Waals surface area contributed by atoms with E-state index in [0.717, 1.165) is 77.9 Å². The van der Waals surface area contributed by atoms with Gasteiger partial charge < -0.3 is 26.1 Å². The molecule has 10 rings (SSSR count). The third-order valence-electron chi connectivity index (χ3n) is 13.9. The summed E-state index contributed by atoms with van der Waals surface area (Å²) >= 11 is 0. The van der Waals surface area contributed by atoms with Crippen molar-refractivity contribution < 1.29 is 41.1 Å². The minimum atomic E-state index is -3.05. The van der Waals surface area contributed by atoms with Crippen molar-refractivity contribution in [3.05, 3.63) is 70.0 Å². The van der Waals surface area contributed by atoms with Crippen molar-refractivity contribution in [1.29, 1.82) is 0 Å². The lowest BCUT2D eigenvalue weighted by atomic mass is 9.53. The first-order valence-electron chi connectivity index (χ1n) is 20.7. The number of fused-ring (bicyclic) bond motifs is 8. The van der Waals surface area contributed by atoms with Gasteiger partial charge in [-0.2, -0.15) is 0 Å². The van der Waals surface area contributed by atoms with Crippen LogP contribution in [0.15, 0.2) is 36.4 Å². The number of Topliss-reactive ketones (excluding diaryl/α,β-unsaturated/α-hetero) is 2. The third kappa shape index (κ3) is 7.34. The molecule has 0 radical (unpaired) electrons. The summed E-state index contributed by atoms with van der Waals surface area (Å²) in [5.41, 5.74) is 10.7. The highest BCUT2D eigenvalue weighted by Gasteiger charge is 2.54. The molecule has 13 nitrogen and oxygen atoms in total. The Balaban J connectivity index is 0.000000142. The molecule has 6 N–H and O–H groups in total. The summed E-state index contributed by atoms with van der Waals surface area (Å²) in [7, 11) is -5.77. The van der Waals surface area contributed by atoms with Crippen molar-refractivity contribution in [2.45, 2.75) is 115 Å². The zero-order valence-corrected chi connectivity index (χ0v) is 35.8. The van der Waals surface area contributed by atoms with Crippen LogP contribution in [0.4, 0.5) is 0 Å². The average molecular weight is 847 g/mol. The number of rotatable bonds is 3. The van der Waals surface area contributed by atoms with E-state index in [9.17, 15) is 41.1 Å². The number of nitrogens with two attached hydrogens (primary N) is 1. The number of amides is 1. The first-order valence-corrected chi connectivity index (χ1v) is 24.3. The van der Waals surface area contributed by atoms with Crippen LogP contribution in [0.3, 0.4) is 0 Å². The highest BCUT2D eigenvalue weighted by atomic mass is 32.2. The van der Waals surface area contributed by atoms with E-state index >= 15 is 0 Å². The summed E-state index contributed by atoms with van der Waals surface area (Å²) in [6, 6.07) is 10.1. The Labute approximate surface area is 344 Å². The van der Waals surface area contributed by atoms with E-state index in [1.165, 1.54) is 6.42 Å². The van der Waals surface area contributed by atoms with Gasteiger partial charge in [-0.25, -0.2) is 21.6 Å². The molecular weight excluding hydrogens is 793 g/mol. The van der Waals surface area contributed by atoms with E-state index in [0.29, 0.717) is 29.8 Å². The van der Waals surface area contributed by atoms with Gasteiger partial charge in [-0.15, -0.1) is 0 Å². The molecule has 2 aliphatic heterocycles. The van der Waals surface area contributed by atoms with Gasteiger partial charge in [0.25, 0.3) is 5.91 Å². The second-order valence-electron chi connectivity index (χ2n) is 19.4. The van der Waals surface area contributed by atoms with Crippen molar-refractivity contribution in [3.63, 3.8) is 0 Å². The molecule has 2 aromatic carbocycles. The van der Waals surface area contributed by atoms with Crippen molar-refractivity contribution in [2.75, 3.05) is 23.0 Å². The first kappa shape index (κ1) is 41.4. The molecule has 0 bridgehead atoms. The molecule has 59 heavy (non-hydrogen) atoms. The molecule has 2 atom stereocenters. The number of carbonyl (C=O) groups excluding carboxylic acids is 3. The summed E-state index contributed by atoms with van der Waals surface area (Å²) < 4.78 is 44.5. The van der Waals surface area contributed by atoms with Crippen LogP contribution in [0.1, 0.15) is 145 Å². The number of carbonyl (C=O) groups is 4. The molecule has 2 saturated heterocycles. The molecule has 1 amide bonds. The van der Waals surface area contributed by atoms with Crippen LogP contribution < -0.4 is 11.1 Å². The number of aromatic amines is 2. The van der Waals surface area contributed by atoms with Gasteiger partial charge in [-0.05, 0) is 110 Å². The number of nitrogens with one attached hydrogen (secondary N) is 3. The largest absolute Gasteiger partial charge is 0.478 e. The van der Waals surface area contributed by atoms with E-state index in [-0.39, 0.29) is 79.8 Å². The number of sulfone groups is 2. The van der Waals surface area contributed by atoms with Crippen LogP contribution in [-0.2, 0) is 30.5 Å². The molecule has 316 valence electrons. The van der Waals surface area contributed by atoms with Gasteiger partial charge >= 0.3 is 5.97 Å². The van der Waals surface area contributed by atoms with Crippen LogP contribution in [-0.4, -0.2) is 90.4 Å². The highest BCUT2D eigenvalue weighted by Crippen LogP contribution is 2.59. The third-order valence-corrected chi connectivity index (χ3v) is 17.4. The maximum absolute atomic E-state index is 13.1. The summed E-state index contributed by atoms with van der Waals surface area (Å²) in [5, 5.41) is 14.0. The van der Waals surface area contributed by atoms with E-state index in [4.69, 9.17) is 5.73 Å². The Kier molecular flexibility index (Phi) is 9.91. The van der Waals surface area contributed by atoms with Gasteiger partial charge in [0, 0.05) is 50.3 Å². The predicted octanol–water partition coefficient (Wildman–Crippen LogP) is 6.15. The second kappa shape index (κ2) is 14.1. The van der Waals surface area contributed by atoms with Gasteiger partial charge in [0.05, 0.1) is 40.0 Å². The number of carboxylic acids is 1. The Bertz CT molecular complexity index is 2660. The zero-order chi connectivity index (χ0) is 42.5. The molecule has 2 aromatic heterocycles. The van der Waals surface area contributed by atoms with E-state index < -0.39 is 25.6 Å². The number of benzene rings is 2. The Morgan fingerprint density at radius 1 is 0.712 bits per heavy atom. The fourth-order valence-corrected chi connectivity index (χ4v) is 14.2. The minimum absolute atomic E-state index is 0.00718. The van der Waals surface area contributed by atoms with Gasteiger partial charge in [0.2, 0.25) is 0 Å². The SMILES string of the molecule is CC1(C)CC2(CCC2)c2c([nH]c3ccc(C(=O)NC4CCS(=O)(=O)C4)cc23)C1=O.CC1(C)CC2(CCC2)c2c([nH]c3ccc(C(=O)O)cc23)C1=O.NC1CCS(=O)(=O)C1. The lowest BCUT2D eigenvalue weighted by molar-refractivity contribution is 0.0656. The number of hydrogen-bond donors (Lipinski definition) is 5. The fraction of sp³-hybridized carbons (Fsp3) is 0.545. The molecule has 4 fully saturated rings. The van der Waals surface area contributed by atoms with Gasteiger partial charge in [-0.1, -0.05) is 40.5 Å². The Hall–Kier alpha value is -4.34. The van der Waals surface area contributed by atoms with E-state index in [2.05, 4.69) is 15.3 Å². The number of ketones is 2. The topological polar surface area (TPSA) is 226 Å². The quantitative estimate of drug-likeness (QED) is 0.158. The molecule has 4 aromatic rings. The lowest BCUT2D eigenvalue weighted by Crippen LogP contribution is -2.46. The number of H-pyrrole nitrogens is 2. The fourth-order valence-electron chi connectivity index (χ4n) is 10.9. The van der Waals surface area contributed by atoms with Crippen molar-refractivity contribution in [3.8, 4) is 0 Å². The van der Waals surface area contributed by atoms with Crippen molar-refractivity contribution in [2.24, 2.45) is 16.6 Å². The molecule has 15 heteroatoms. The summed E-state index contributed by atoms with van der Waals surface area (Å²) in [6.45, 7) is 8.09. The van der Waals surface area contributed by atoms with E-state index in [1.807, 2.05) is 39.8 Å². The zero-order valence-electron chi connectivity index (χ0n) is 34.1. The van der Waals surface area contributed by atoms with Gasteiger partial charge in [-0.3, -0.25) is 14.4 Å². The number of carboxylic acid groups (broad SMARTS) is 1. The smallest absolute Gasteiger partial charge is 0.335 e. The normalized spacial score (nSPS) is 25.8. The standard InChI is InChI=1S/C22H26N2O4S.C18H19NO3.C4H9NO2S/c1-21(2)12-22(7-3-8-22)17-15-10-13(4-5-16(15)24-18(17)19(21)25)20(26)23-14-6-9-29(27,28)11-14;1-17(2)9-18(6-3-7-18)13-11-8-10(16(21)22)4-5-12(11)19-14(13)15(17)20;5-4-1-2-8(6,7)3-4/h4-5,10,14,24H,3,6-9,11-12H2,1-2H3,(H,23,26);4-5,8,19H,3,6-7,9H2,1-2H3,(H,21,22);4H,1-3,5H2. The molecular formula is C44H54N4O9S2. The van der Waals surface area contributed by atoms with Gasteiger partial charge in [0.15, 0.2) is 31.2 Å². The van der Waals surface area contributed by atoms with Crippen LogP contribution in [0.2, 0.25) is 0 Å². The summed E-state index contributed by atoms with van der Waals surface area (Å²) in [5.74, 6) is -0.288. The van der Waals surface area contributed by atoms with E-state index in [1.54, 1.807) is 24.3 Å². The summed E-state index contributed by atoms with van der Waals surface area (Å²) in [4.78, 5) is 56.5. The lowest BCUT2D eigenvalue weighted by Gasteiger charge is -2.50. The maximum atomic E-state index is 13.1. The predicted molar refractivity (Wildman–Crippen MR) is 226 cm³/mol. The molecule has 2 unspecified atom stereocenters. The minimum Gasteiger partial charge on any atom is -0.478 e. The Morgan fingerprint density at radius 2 is 1.17 bits per heavy atom. The van der Waals surface area contributed by atoms with Crippen molar-refractivity contribution in [1.82, 2.24) is 15.3 Å². The summed E-state index contributed by atoms with van der Waals surface area (Å²) in [6.07, 6.45) is 9.44. The molecule has 2 saturated carbocycles. The number of hydrogen-bond acceptors (Lipinski definition) is 9. The second-order valence-corrected chi connectivity index (χ2v) is 23.8. The van der Waals surface area contributed by atoms with Crippen LogP contribution in [0, 0.1) is 10.8 Å². The number of aromatic carboxylic acids is 1. The molecule has 4 aliphatic carbocycles. The number of aromatic nitrogens is 2. The molecule has 6 aliphatic rings. The van der Waals surface area contributed by atoms with Crippen LogP contribution >= 0.6 is 0 Å².